The lowest BCUT2D eigenvalue weighted by Gasteiger charge is -2.12. The molecule has 0 bridgehead atoms. The summed E-state index contributed by atoms with van der Waals surface area (Å²) < 4.78 is 37.5. The van der Waals surface area contributed by atoms with E-state index in [9.17, 15) is 13.2 Å². The Balaban J connectivity index is 1.34. The maximum Gasteiger partial charge on any atom is 0.287 e. The summed E-state index contributed by atoms with van der Waals surface area (Å²) in [5.41, 5.74) is 1.65. The second-order valence-electron chi connectivity index (χ2n) is 7.17. The van der Waals surface area contributed by atoms with Gasteiger partial charge in [0.1, 0.15) is 12.4 Å². The number of nitrogens with one attached hydrogen (secondary N) is 1. The second-order valence-corrected chi connectivity index (χ2v) is 9.04. The largest absolute Gasteiger partial charge is 0.487 e. The minimum absolute atomic E-state index is 0.0414. The van der Waals surface area contributed by atoms with Crippen LogP contribution in [0.4, 0.5) is 0 Å². The summed E-state index contributed by atoms with van der Waals surface area (Å²) in [6, 6.07) is 15.7. The van der Waals surface area contributed by atoms with Gasteiger partial charge in [0.25, 0.3) is 15.9 Å². The molecule has 3 heterocycles. The molecule has 1 fully saturated rings. The van der Waals surface area contributed by atoms with Crippen molar-refractivity contribution in [2.24, 2.45) is 0 Å². The SMILES string of the molecule is O=C(NCc1cccc(OCc2ccccn2)c1)c1ccc(S(=O)(=O)N2CCCC2)o1. The summed E-state index contributed by atoms with van der Waals surface area (Å²) in [6.45, 7) is 1.54. The van der Waals surface area contributed by atoms with E-state index in [1.807, 2.05) is 42.5 Å². The molecule has 8 nitrogen and oxygen atoms in total. The molecule has 0 saturated carbocycles. The first-order chi connectivity index (χ1) is 15.0. The zero-order chi connectivity index (χ0) is 21.7. The van der Waals surface area contributed by atoms with Crippen molar-refractivity contribution in [3.63, 3.8) is 0 Å². The highest BCUT2D eigenvalue weighted by atomic mass is 32.2. The number of carbonyl (C=O) groups excluding carboxylic acids is 1. The predicted molar refractivity (Wildman–Crippen MR) is 113 cm³/mol. The number of pyridine rings is 1. The first-order valence-electron chi connectivity index (χ1n) is 10.0. The number of hydrogen-bond donors (Lipinski definition) is 1. The van der Waals surface area contributed by atoms with Crippen LogP contribution in [0, 0.1) is 0 Å². The Labute approximate surface area is 180 Å². The molecule has 31 heavy (non-hydrogen) atoms. The minimum Gasteiger partial charge on any atom is -0.487 e. The summed E-state index contributed by atoms with van der Waals surface area (Å²) in [4.78, 5) is 16.6. The second kappa shape index (κ2) is 9.32. The van der Waals surface area contributed by atoms with Crippen LogP contribution in [0.2, 0.25) is 0 Å². The van der Waals surface area contributed by atoms with Gasteiger partial charge in [0.2, 0.25) is 5.09 Å². The minimum atomic E-state index is -3.69. The van der Waals surface area contributed by atoms with Gasteiger partial charge < -0.3 is 14.5 Å². The maximum absolute atomic E-state index is 12.5. The summed E-state index contributed by atoms with van der Waals surface area (Å²) >= 11 is 0. The molecule has 2 aromatic heterocycles. The van der Waals surface area contributed by atoms with E-state index in [1.54, 1.807) is 6.20 Å². The molecule has 3 aromatic rings. The van der Waals surface area contributed by atoms with Crippen LogP contribution in [0.1, 0.15) is 34.7 Å². The van der Waals surface area contributed by atoms with E-state index in [0.29, 0.717) is 25.4 Å². The molecule has 162 valence electrons. The van der Waals surface area contributed by atoms with Crippen LogP contribution < -0.4 is 10.1 Å². The van der Waals surface area contributed by atoms with E-state index < -0.39 is 15.9 Å². The first kappa shape index (κ1) is 21.1. The maximum atomic E-state index is 12.5. The fraction of sp³-hybridized carbons (Fsp3) is 0.273. The van der Waals surface area contributed by atoms with Crippen LogP contribution >= 0.6 is 0 Å². The highest BCUT2D eigenvalue weighted by molar-refractivity contribution is 7.89. The monoisotopic (exact) mass is 441 g/mol. The van der Waals surface area contributed by atoms with Gasteiger partial charge in [-0.05, 0) is 54.8 Å². The van der Waals surface area contributed by atoms with Gasteiger partial charge in [-0.25, -0.2) is 8.42 Å². The van der Waals surface area contributed by atoms with Crippen LogP contribution in [0.15, 0.2) is 70.3 Å². The number of benzene rings is 1. The number of amides is 1. The fourth-order valence-electron chi connectivity index (χ4n) is 3.29. The number of carbonyl (C=O) groups is 1. The van der Waals surface area contributed by atoms with Gasteiger partial charge in [-0.3, -0.25) is 9.78 Å². The third kappa shape index (κ3) is 5.12. The molecule has 0 atom stereocenters. The summed E-state index contributed by atoms with van der Waals surface area (Å²) in [5, 5.41) is 2.54. The molecule has 9 heteroatoms. The average molecular weight is 442 g/mol. The van der Waals surface area contributed by atoms with Gasteiger partial charge in [-0.15, -0.1) is 0 Å². The van der Waals surface area contributed by atoms with Crippen molar-refractivity contribution in [1.29, 1.82) is 0 Å². The Morgan fingerprint density at radius 2 is 1.94 bits per heavy atom. The zero-order valence-corrected chi connectivity index (χ0v) is 17.7. The summed E-state index contributed by atoms with van der Waals surface area (Å²) in [7, 11) is -3.69. The summed E-state index contributed by atoms with van der Waals surface area (Å²) in [5.74, 6) is 0.136. The van der Waals surface area contributed by atoms with E-state index in [1.165, 1.54) is 16.4 Å². The topological polar surface area (TPSA) is 102 Å². The van der Waals surface area contributed by atoms with Crippen LogP contribution in [0.5, 0.6) is 5.75 Å². The molecule has 0 radical (unpaired) electrons. The van der Waals surface area contributed by atoms with Crippen molar-refractivity contribution in [3.05, 3.63) is 77.8 Å². The molecule has 0 aliphatic carbocycles. The molecule has 1 saturated heterocycles. The Bertz CT molecular complexity index is 1140. The van der Waals surface area contributed by atoms with Crippen molar-refractivity contribution in [1.82, 2.24) is 14.6 Å². The van der Waals surface area contributed by atoms with Crippen molar-refractivity contribution in [2.45, 2.75) is 31.1 Å². The van der Waals surface area contributed by atoms with Crippen molar-refractivity contribution >= 4 is 15.9 Å². The van der Waals surface area contributed by atoms with Crippen LogP contribution in [-0.4, -0.2) is 36.7 Å². The van der Waals surface area contributed by atoms with E-state index in [2.05, 4.69) is 10.3 Å². The predicted octanol–water partition coefficient (Wildman–Crippen LogP) is 2.97. The van der Waals surface area contributed by atoms with Crippen molar-refractivity contribution in [2.75, 3.05) is 13.1 Å². The van der Waals surface area contributed by atoms with Gasteiger partial charge in [0.15, 0.2) is 5.76 Å². The molecule has 1 aliphatic rings. The number of rotatable bonds is 8. The number of sulfonamides is 1. The van der Waals surface area contributed by atoms with Gasteiger partial charge >= 0.3 is 0 Å². The van der Waals surface area contributed by atoms with Crippen LogP contribution in [0.3, 0.4) is 0 Å². The zero-order valence-electron chi connectivity index (χ0n) is 16.9. The Kier molecular flexibility index (Phi) is 6.34. The van der Waals surface area contributed by atoms with Gasteiger partial charge in [0, 0.05) is 25.8 Å². The number of ether oxygens (including phenoxy) is 1. The van der Waals surface area contributed by atoms with E-state index in [-0.39, 0.29) is 17.4 Å². The van der Waals surface area contributed by atoms with Crippen LogP contribution in [0.25, 0.3) is 0 Å². The normalized spacial score (nSPS) is 14.5. The first-order valence-corrected chi connectivity index (χ1v) is 11.5. The number of aromatic nitrogens is 1. The number of nitrogens with zero attached hydrogens (tertiary/aromatic N) is 2. The van der Waals surface area contributed by atoms with E-state index >= 15 is 0 Å². The molecule has 1 aliphatic heterocycles. The Hall–Kier alpha value is -3.17. The molecular formula is C22H23N3O5S. The smallest absolute Gasteiger partial charge is 0.287 e. The van der Waals surface area contributed by atoms with Crippen molar-refractivity contribution in [3.8, 4) is 5.75 Å². The third-order valence-corrected chi connectivity index (χ3v) is 6.70. The Morgan fingerprint density at radius 3 is 2.71 bits per heavy atom. The van der Waals surface area contributed by atoms with Crippen LogP contribution in [-0.2, 0) is 23.2 Å². The third-order valence-electron chi connectivity index (χ3n) is 4.93. The molecule has 0 unspecified atom stereocenters. The number of furan rings is 1. The lowest BCUT2D eigenvalue weighted by atomic mass is 10.2. The highest BCUT2D eigenvalue weighted by Gasteiger charge is 2.30. The van der Waals surface area contributed by atoms with E-state index in [4.69, 9.17) is 9.15 Å². The van der Waals surface area contributed by atoms with E-state index in [0.717, 1.165) is 24.1 Å². The standard InChI is InChI=1S/C22H23N3O5S/c26-22(20-9-10-21(30-20)31(27,28)25-12-3-4-13-25)24-15-17-6-5-8-19(14-17)29-16-18-7-1-2-11-23-18/h1-2,5-11,14H,3-4,12-13,15-16H2,(H,24,26). The summed E-state index contributed by atoms with van der Waals surface area (Å²) in [6.07, 6.45) is 3.37. The lowest BCUT2D eigenvalue weighted by molar-refractivity contribution is 0.0917. The van der Waals surface area contributed by atoms with Gasteiger partial charge in [0.05, 0.1) is 5.69 Å². The molecular weight excluding hydrogens is 418 g/mol. The van der Waals surface area contributed by atoms with Crippen molar-refractivity contribution < 1.29 is 22.4 Å². The highest BCUT2D eigenvalue weighted by Crippen LogP contribution is 2.23. The molecule has 1 N–H and O–H groups in total. The molecule has 4 rings (SSSR count). The van der Waals surface area contributed by atoms with Gasteiger partial charge in [-0.1, -0.05) is 18.2 Å². The number of hydrogen-bond acceptors (Lipinski definition) is 6. The fourth-order valence-corrected chi connectivity index (χ4v) is 4.72. The average Bonchev–Trinajstić information content (AvgIpc) is 3.50. The lowest BCUT2D eigenvalue weighted by Crippen LogP contribution is -2.27. The molecule has 0 spiro atoms. The Morgan fingerprint density at radius 1 is 1.10 bits per heavy atom. The quantitative estimate of drug-likeness (QED) is 0.577. The van der Waals surface area contributed by atoms with Gasteiger partial charge in [-0.2, -0.15) is 4.31 Å². The molecule has 1 amide bonds. The molecule has 1 aromatic carbocycles.